The molecule has 0 aliphatic rings. The van der Waals surface area contributed by atoms with Crippen LogP contribution in [0.1, 0.15) is 10.4 Å². The first kappa shape index (κ1) is 20.3. The molecule has 31 heavy (non-hydrogen) atoms. The number of fused-ring (bicyclic) bond motifs is 1. The summed E-state index contributed by atoms with van der Waals surface area (Å²) < 4.78 is 27.1. The number of anilines is 3. The number of para-hydroxylation sites is 1. The quantitative estimate of drug-likeness (QED) is 0.471. The Balaban J connectivity index is 1.77. The van der Waals surface area contributed by atoms with Crippen LogP contribution in [0.15, 0.2) is 61.1 Å². The third kappa shape index (κ3) is 4.03. The maximum atomic E-state index is 12.1. The molecule has 1 amide bonds. The van der Waals surface area contributed by atoms with Gasteiger partial charge in [-0.3, -0.25) is 14.1 Å². The normalized spacial score (nSPS) is 11.4. The van der Waals surface area contributed by atoms with Crippen LogP contribution in [0.2, 0.25) is 0 Å². The first-order valence-corrected chi connectivity index (χ1v) is 11.0. The van der Waals surface area contributed by atoms with E-state index in [1.807, 2.05) is 24.3 Å². The van der Waals surface area contributed by atoms with E-state index in [9.17, 15) is 13.2 Å². The average Bonchev–Trinajstić information content (AvgIpc) is 3.16. The van der Waals surface area contributed by atoms with E-state index in [-0.39, 0.29) is 11.5 Å². The number of sulfonamides is 1. The summed E-state index contributed by atoms with van der Waals surface area (Å²) in [4.78, 5) is 19.6. The number of amides is 1. The fourth-order valence-electron chi connectivity index (χ4n) is 3.08. The highest BCUT2D eigenvalue weighted by molar-refractivity contribution is 7.92. The Hall–Kier alpha value is -3.99. The number of nitrogens with two attached hydrogens (primary N) is 1. The molecule has 0 spiro atoms. The fraction of sp³-hybridized carbons (Fsp3) is 0.100. The summed E-state index contributed by atoms with van der Waals surface area (Å²) >= 11 is 0. The molecule has 0 saturated carbocycles. The van der Waals surface area contributed by atoms with Crippen molar-refractivity contribution < 1.29 is 13.2 Å². The lowest BCUT2D eigenvalue weighted by molar-refractivity contribution is 0.1000. The maximum absolute atomic E-state index is 12.1. The molecule has 1 aromatic carbocycles. The second kappa shape index (κ2) is 7.69. The number of hydrogen-bond acceptors (Lipinski definition) is 7. The second-order valence-electron chi connectivity index (χ2n) is 6.84. The molecule has 0 saturated heterocycles. The van der Waals surface area contributed by atoms with Crippen LogP contribution >= 0.6 is 0 Å². The van der Waals surface area contributed by atoms with Gasteiger partial charge in [-0.25, -0.2) is 17.9 Å². The molecule has 0 unspecified atom stereocenters. The predicted octanol–water partition coefficient (Wildman–Crippen LogP) is 2.03. The minimum absolute atomic E-state index is 0.255. The van der Waals surface area contributed by atoms with Crippen molar-refractivity contribution in [3.63, 3.8) is 0 Å². The zero-order chi connectivity index (χ0) is 22.2. The number of nitrogens with zero attached hydrogens (tertiary/aromatic N) is 5. The number of pyridine rings is 1. The van der Waals surface area contributed by atoms with Crippen LogP contribution in [0.5, 0.6) is 0 Å². The summed E-state index contributed by atoms with van der Waals surface area (Å²) in [5, 5.41) is 7.53. The molecule has 0 aliphatic heterocycles. The minimum Gasteiger partial charge on any atom is -0.366 e. The lowest BCUT2D eigenvalue weighted by Gasteiger charge is -2.20. The predicted molar refractivity (Wildman–Crippen MR) is 118 cm³/mol. The van der Waals surface area contributed by atoms with E-state index in [0.717, 1.165) is 11.8 Å². The van der Waals surface area contributed by atoms with Crippen molar-refractivity contribution in [2.75, 3.05) is 22.9 Å². The molecule has 10 nitrogen and oxygen atoms in total. The Morgan fingerprint density at radius 2 is 1.90 bits per heavy atom. The third-order valence-electron chi connectivity index (χ3n) is 4.69. The van der Waals surface area contributed by atoms with Gasteiger partial charge in [-0.15, -0.1) is 5.10 Å². The molecule has 3 aromatic heterocycles. The molecule has 11 heteroatoms. The van der Waals surface area contributed by atoms with Crippen molar-refractivity contribution in [3.8, 4) is 11.3 Å². The van der Waals surface area contributed by atoms with E-state index in [4.69, 9.17) is 5.73 Å². The molecular formula is C20H19N7O3S. The number of hydrogen-bond donors (Lipinski definition) is 2. The van der Waals surface area contributed by atoms with Crippen LogP contribution in [0.4, 0.5) is 17.3 Å². The molecule has 0 radical (unpaired) electrons. The van der Waals surface area contributed by atoms with Gasteiger partial charge in [0.2, 0.25) is 21.9 Å². The van der Waals surface area contributed by atoms with Gasteiger partial charge in [0.1, 0.15) is 0 Å². The fourth-order valence-corrected chi connectivity index (χ4v) is 3.60. The van der Waals surface area contributed by atoms with Crippen molar-refractivity contribution in [1.29, 1.82) is 0 Å². The van der Waals surface area contributed by atoms with E-state index < -0.39 is 15.9 Å². The number of benzene rings is 1. The number of rotatable bonds is 6. The molecule has 0 aliphatic carbocycles. The summed E-state index contributed by atoms with van der Waals surface area (Å²) in [5.41, 5.74) is 8.69. The topological polar surface area (TPSA) is 136 Å². The highest BCUT2D eigenvalue weighted by Crippen LogP contribution is 2.32. The monoisotopic (exact) mass is 437 g/mol. The van der Waals surface area contributed by atoms with Gasteiger partial charge < -0.3 is 11.1 Å². The van der Waals surface area contributed by atoms with Crippen molar-refractivity contribution in [2.45, 2.75) is 0 Å². The van der Waals surface area contributed by atoms with Gasteiger partial charge in [-0.2, -0.15) is 0 Å². The zero-order valence-electron chi connectivity index (χ0n) is 16.7. The van der Waals surface area contributed by atoms with Gasteiger partial charge in [0.25, 0.3) is 0 Å². The number of primary amides is 1. The van der Waals surface area contributed by atoms with Gasteiger partial charge in [0.15, 0.2) is 0 Å². The van der Waals surface area contributed by atoms with Crippen molar-refractivity contribution in [1.82, 2.24) is 19.6 Å². The molecule has 4 rings (SSSR count). The number of carbonyl (C=O) groups is 1. The first-order chi connectivity index (χ1) is 14.7. The average molecular weight is 437 g/mol. The third-order valence-corrected chi connectivity index (χ3v) is 5.89. The van der Waals surface area contributed by atoms with Gasteiger partial charge in [-0.05, 0) is 24.3 Å². The van der Waals surface area contributed by atoms with Gasteiger partial charge in [0, 0.05) is 18.8 Å². The van der Waals surface area contributed by atoms with Crippen LogP contribution in [0.25, 0.3) is 16.8 Å². The van der Waals surface area contributed by atoms with Gasteiger partial charge >= 0.3 is 0 Å². The molecular weight excluding hydrogens is 418 g/mol. The molecule has 0 atom stereocenters. The Morgan fingerprint density at radius 3 is 2.65 bits per heavy atom. The highest BCUT2D eigenvalue weighted by Gasteiger charge is 2.18. The van der Waals surface area contributed by atoms with Crippen molar-refractivity contribution >= 4 is 38.8 Å². The Morgan fingerprint density at radius 1 is 1.13 bits per heavy atom. The summed E-state index contributed by atoms with van der Waals surface area (Å²) in [7, 11) is -1.94. The summed E-state index contributed by atoms with van der Waals surface area (Å²) in [6.07, 6.45) is 5.68. The summed E-state index contributed by atoms with van der Waals surface area (Å²) in [6.45, 7) is 0. The SMILES string of the molecule is CN(c1ccccc1-c1ccc2cnc(Nc3cncc(C(N)=O)c3)nn12)S(C)(=O)=O. The largest absolute Gasteiger partial charge is 0.366 e. The molecule has 0 fully saturated rings. The standard InChI is InChI=1S/C20H19N7O3S/c1-26(31(2,29)30)17-6-4-3-5-16(17)18-8-7-15-12-23-20(25-27(15)18)24-14-9-13(19(21)28)10-22-11-14/h3-12H,1-2H3,(H2,21,28)(H,24,25). The van der Waals surface area contributed by atoms with Crippen LogP contribution in [-0.2, 0) is 10.0 Å². The lowest BCUT2D eigenvalue weighted by atomic mass is 10.1. The molecule has 4 aromatic rings. The molecule has 3 heterocycles. The Labute approximate surface area is 178 Å². The smallest absolute Gasteiger partial charge is 0.250 e. The van der Waals surface area contributed by atoms with E-state index in [1.54, 1.807) is 28.9 Å². The zero-order valence-corrected chi connectivity index (χ0v) is 17.5. The molecule has 0 bridgehead atoms. The van der Waals surface area contributed by atoms with Gasteiger partial charge in [-0.1, -0.05) is 18.2 Å². The maximum Gasteiger partial charge on any atom is 0.250 e. The molecule has 158 valence electrons. The first-order valence-electron chi connectivity index (χ1n) is 9.14. The minimum atomic E-state index is -3.45. The summed E-state index contributed by atoms with van der Waals surface area (Å²) in [5.74, 6) is -0.325. The van der Waals surface area contributed by atoms with E-state index in [0.29, 0.717) is 22.6 Å². The Bertz CT molecular complexity index is 1400. The van der Waals surface area contributed by atoms with Crippen LogP contribution < -0.4 is 15.4 Å². The number of nitrogens with one attached hydrogen (secondary N) is 1. The number of carbonyl (C=O) groups excluding carboxylic acids is 1. The van der Waals surface area contributed by atoms with E-state index >= 15 is 0 Å². The second-order valence-corrected chi connectivity index (χ2v) is 8.85. The number of aromatic nitrogens is 4. The molecule has 3 N–H and O–H groups in total. The van der Waals surface area contributed by atoms with Crippen molar-refractivity contribution in [2.24, 2.45) is 5.73 Å². The Kier molecular flexibility index (Phi) is 5.03. The highest BCUT2D eigenvalue weighted by atomic mass is 32.2. The van der Waals surface area contributed by atoms with Crippen molar-refractivity contribution in [3.05, 3.63) is 66.6 Å². The van der Waals surface area contributed by atoms with E-state index in [2.05, 4.69) is 20.4 Å². The van der Waals surface area contributed by atoms with Crippen LogP contribution in [0, 0.1) is 0 Å². The van der Waals surface area contributed by atoms with Crippen LogP contribution in [0.3, 0.4) is 0 Å². The summed E-state index contributed by atoms with van der Waals surface area (Å²) in [6, 6.07) is 12.4. The lowest BCUT2D eigenvalue weighted by Crippen LogP contribution is -2.25. The van der Waals surface area contributed by atoms with Gasteiger partial charge in [0.05, 0.1) is 46.8 Å². The van der Waals surface area contributed by atoms with E-state index in [1.165, 1.54) is 23.7 Å². The van der Waals surface area contributed by atoms with Crippen LogP contribution in [-0.4, -0.2) is 47.2 Å².